The van der Waals surface area contributed by atoms with E-state index in [0.717, 1.165) is 40.2 Å². The third-order valence-corrected chi connectivity index (χ3v) is 6.27. The molecule has 0 bridgehead atoms. The van der Waals surface area contributed by atoms with Gasteiger partial charge >= 0.3 is 0 Å². The molecule has 2 unspecified atom stereocenters. The predicted octanol–water partition coefficient (Wildman–Crippen LogP) is 4.50. The van der Waals surface area contributed by atoms with Gasteiger partial charge in [-0.15, -0.1) is 0 Å². The Balaban J connectivity index is 1.57. The molecule has 2 aliphatic rings. The van der Waals surface area contributed by atoms with Crippen LogP contribution < -0.4 is 25.1 Å². The molecule has 32 heavy (non-hydrogen) atoms. The summed E-state index contributed by atoms with van der Waals surface area (Å²) in [5, 5.41) is 7.18. The summed E-state index contributed by atoms with van der Waals surface area (Å²) in [6.45, 7) is 0. The Hall–Kier alpha value is -3.80. The van der Waals surface area contributed by atoms with Crippen molar-refractivity contribution >= 4 is 17.2 Å². The highest BCUT2D eigenvalue weighted by molar-refractivity contribution is 6.01. The summed E-state index contributed by atoms with van der Waals surface area (Å²) in [7, 11) is 3.26. The number of hydrogen-bond acceptors (Lipinski definition) is 5. The van der Waals surface area contributed by atoms with Crippen molar-refractivity contribution in [3.8, 4) is 11.5 Å². The van der Waals surface area contributed by atoms with Crippen LogP contribution in [0.3, 0.4) is 0 Å². The highest BCUT2D eigenvalue weighted by Gasteiger charge is 2.36. The van der Waals surface area contributed by atoms with E-state index in [2.05, 4.69) is 15.6 Å². The Bertz CT molecular complexity index is 1190. The zero-order valence-corrected chi connectivity index (χ0v) is 18.1. The van der Waals surface area contributed by atoms with Gasteiger partial charge in [-0.25, -0.2) is 4.98 Å². The molecule has 0 radical (unpaired) electrons. The molecular weight excluding hydrogens is 402 g/mol. The van der Waals surface area contributed by atoms with Crippen LogP contribution in [0.15, 0.2) is 78.3 Å². The lowest BCUT2D eigenvalue weighted by atomic mass is 9.78. The number of aromatic amines is 1. The van der Waals surface area contributed by atoms with Crippen molar-refractivity contribution in [1.29, 1.82) is 0 Å². The molecule has 162 valence electrons. The number of rotatable bonds is 4. The fraction of sp³-hybridized carbons (Fsp3) is 0.231. The number of methoxy groups -OCH3 is 2. The minimum Gasteiger partial charge on any atom is -0.493 e. The van der Waals surface area contributed by atoms with Crippen LogP contribution in [0.2, 0.25) is 0 Å². The van der Waals surface area contributed by atoms with Gasteiger partial charge in [-0.2, -0.15) is 0 Å². The number of para-hydroxylation sites is 2. The molecule has 2 atom stereocenters. The number of H-pyrrole nitrogens is 1. The van der Waals surface area contributed by atoms with Crippen molar-refractivity contribution in [2.45, 2.75) is 24.8 Å². The van der Waals surface area contributed by atoms with Crippen LogP contribution in [0.25, 0.3) is 0 Å². The van der Waals surface area contributed by atoms with Crippen molar-refractivity contribution in [2.75, 3.05) is 24.9 Å². The number of carbonyl (C=O) groups excluding carboxylic acids is 1. The van der Waals surface area contributed by atoms with Gasteiger partial charge in [-0.1, -0.05) is 18.2 Å². The molecule has 0 fully saturated rings. The maximum absolute atomic E-state index is 13.6. The molecule has 6 nitrogen and oxygen atoms in total. The molecule has 2 heterocycles. The number of Topliss-reactive ketones (excluding diaryl/α,β-unsaturated/α-hetero) is 1. The monoisotopic (exact) mass is 428 g/mol. The lowest BCUT2D eigenvalue weighted by molar-refractivity contribution is -0.378. The van der Waals surface area contributed by atoms with E-state index in [-0.39, 0.29) is 17.7 Å². The number of pyridine rings is 1. The quantitative estimate of drug-likeness (QED) is 0.640. The first kappa shape index (κ1) is 20.1. The Morgan fingerprint density at radius 2 is 1.62 bits per heavy atom. The smallest absolute Gasteiger partial charge is 0.167 e. The van der Waals surface area contributed by atoms with Crippen LogP contribution in [0.4, 0.5) is 11.4 Å². The zero-order chi connectivity index (χ0) is 22.1. The number of aromatic nitrogens is 1. The second-order valence-corrected chi connectivity index (χ2v) is 8.12. The Morgan fingerprint density at radius 3 is 2.38 bits per heavy atom. The molecule has 5 rings (SSSR count). The van der Waals surface area contributed by atoms with Gasteiger partial charge in [0.1, 0.15) is 0 Å². The second-order valence-electron chi connectivity index (χ2n) is 8.12. The topological polar surface area (TPSA) is 73.7 Å². The molecular formula is C26H26N3O3+. The number of anilines is 2. The molecule has 0 spiro atoms. The summed E-state index contributed by atoms with van der Waals surface area (Å²) in [6, 6.07) is 17.8. The van der Waals surface area contributed by atoms with E-state index in [9.17, 15) is 4.79 Å². The lowest BCUT2D eigenvalue weighted by Gasteiger charge is -2.30. The number of nitrogens with one attached hydrogen (secondary N) is 3. The van der Waals surface area contributed by atoms with Crippen LogP contribution in [0, 0.1) is 0 Å². The Morgan fingerprint density at radius 1 is 0.875 bits per heavy atom. The number of carbonyl (C=O) groups is 1. The van der Waals surface area contributed by atoms with Crippen LogP contribution >= 0.6 is 0 Å². The van der Waals surface area contributed by atoms with E-state index >= 15 is 0 Å². The number of ketones is 1. The Labute approximate surface area is 187 Å². The number of fused-ring (bicyclic) bond motifs is 1. The third kappa shape index (κ3) is 3.58. The highest BCUT2D eigenvalue weighted by Crippen LogP contribution is 2.45. The van der Waals surface area contributed by atoms with Gasteiger partial charge in [0.05, 0.1) is 31.6 Å². The maximum atomic E-state index is 13.6. The van der Waals surface area contributed by atoms with Crippen molar-refractivity contribution in [3.05, 3.63) is 89.4 Å². The van der Waals surface area contributed by atoms with Gasteiger partial charge in [0, 0.05) is 29.8 Å². The average Bonchev–Trinajstić information content (AvgIpc) is 3.01. The SMILES string of the molecule is COc1ccc(C2CC(=O)C3=C(C2)Nc2ccccc2NC3c2cc[nH+]cc2)cc1OC. The summed E-state index contributed by atoms with van der Waals surface area (Å²) in [6.07, 6.45) is 4.97. The van der Waals surface area contributed by atoms with Gasteiger partial charge in [0.15, 0.2) is 29.7 Å². The van der Waals surface area contributed by atoms with Gasteiger partial charge in [-0.05, 0) is 47.7 Å². The first-order chi connectivity index (χ1) is 15.7. The predicted molar refractivity (Wildman–Crippen MR) is 123 cm³/mol. The zero-order valence-electron chi connectivity index (χ0n) is 18.1. The van der Waals surface area contributed by atoms with Crippen LogP contribution in [0.1, 0.15) is 35.9 Å². The summed E-state index contributed by atoms with van der Waals surface area (Å²) >= 11 is 0. The van der Waals surface area contributed by atoms with Crippen LogP contribution in [-0.4, -0.2) is 20.0 Å². The van der Waals surface area contributed by atoms with E-state index in [0.29, 0.717) is 17.9 Å². The van der Waals surface area contributed by atoms with Crippen molar-refractivity contribution < 1.29 is 19.3 Å². The summed E-state index contributed by atoms with van der Waals surface area (Å²) in [4.78, 5) is 16.6. The summed E-state index contributed by atoms with van der Waals surface area (Å²) < 4.78 is 10.9. The fourth-order valence-corrected chi connectivity index (χ4v) is 4.68. The molecule has 1 aliphatic carbocycles. The number of ether oxygens (including phenoxy) is 2. The third-order valence-electron chi connectivity index (χ3n) is 6.27. The van der Waals surface area contributed by atoms with E-state index < -0.39 is 0 Å². The van der Waals surface area contributed by atoms with Gasteiger partial charge in [-0.3, -0.25) is 4.79 Å². The van der Waals surface area contributed by atoms with E-state index in [1.807, 2.05) is 67.0 Å². The minimum atomic E-state index is -0.213. The number of allylic oxidation sites excluding steroid dienone is 1. The van der Waals surface area contributed by atoms with E-state index in [1.165, 1.54) is 0 Å². The van der Waals surface area contributed by atoms with Crippen LogP contribution in [0.5, 0.6) is 11.5 Å². The normalized spacial score (nSPS) is 19.8. The Kier molecular flexibility index (Phi) is 5.27. The molecule has 1 aliphatic heterocycles. The molecule has 3 N–H and O–H groups in total. The minimum absolute atomic E-state index is 0.0589. The van der Waals surface area contributed by atoms with E-state index in [4.69, 9.17) is 9.47 Å². The lowest BCUT2D eigenvalue weighted by Crippen LogP contribution is -2.27. The molecule has 6 heteroatoms. The van der Waals surface area contributed by atoms with E-state index in [1.54, 1.807) is 14.2 Å². The van der Waals surface area contributed by atoms with Crippen molar-refractivity contribution in [2.24, 2.45) is 0 Å². The molecule has 0 amide bonds. The highest BCUT2D eigenvalue weighted by atomic mass is 16.5. The van der Waals surface area contributed by atoms with Crippen molar-refractivity contribution in [3.63, 3.8) is 0 Å². The first-order valence-electron chi connectivity index (χ1n) is 10.7. The molecule has 2 aromatic carbocycles. The van der Waals surface area contributed by atoms with Crippen LogP contribution in [-0.2, 0) is 4.79 Å². The summed E-state index contributed by atoms with van der Waals surface area (Å²) in [5.74, 6) is 1.57. The molecule has 1 aromatic heterocycles. The number of benzene rings is 2. The first-order valence-corrected chi connectivity index (χ1v) is 10.7. The molecule has 0 saturated carbocycles. The largest absolute Gasteiger partial charge is 0.493 e. The van der Waals surface area contributed by atoms with Crippen molar-refractivity contribution in [1.82, 2.24) is 0 Å². The standard InChI is InChI=1S/C26H25N3O3/c1-31-23-8-7-17(15-24(23)32-2)18-13-21-25(22(30)14-18)26(16-9-11-27-12-10-16)29-20-6-4-3-5-19(20)28-21/h3-12,15,18,26,28-29H,13-14H2,1-2H3/p+1. The maximum Gasteiger partial charge on any atom is 0.167 e. The summed E-state index contributed by atoms with van der Waals surface area (Å²) in [5.41, 5.74) is 5.86. The molecule has 3 aromatic rings. The fourth-order valence-electron chi connectivity index (χ4n) is 4.68. The average molecular weight is 429 g/mol. The second kappa shape index (κ2) is 8.38. The van der Waals surface area contributed by atoms with Gasteiger partial charge in [0.25, 0.3) is 0 Å². The van der Waals surface area contributed by atoms with Gasteiger partial charge in [0.2, 0.25) is 0 Å². The molecule has 0 saturated heterocycles. The number of hydrogen-bond donors (Lipinski definition) is 2. The van der Waals surface area contributed by atoms with Gasteiger partial charge < -0.3 is 20.1 Å².